The molecule has 0 saturated carbocycles. The fraction of sp³-hybridized carbons (Fsp3) is 0.129. The van der Waals surface area contributed by atoms with E-state index in [4.69, 9.17) is 17.0 Å². The van der Waals surface area contributed by atoms with Gasteiger partial charge >= 0.3 is 0 Å². The average molecular weight is 586 g/mol. The number of hydrogen-bond acceptors (Lipinski definition) is 4. The molecule has 190 valence electrons. The van der Waals surface area contributed by atoms with Crippen molar-refractivity contribution in [3.63, 3.8) is 0 Å². The zero-order valence-electron chi connectivity index (χ0n) is 20.8. The van der Waals surface area contributed by atoms with Gasteiger partial charge in [-0.15, -0.1) is 0 Å². The molecule has 0 bridgehead atoms. The maximum Gasteiger partial charge on any atom is 0.270 e. The van der Waals surface area contributed by atoms with Crippen molar-refractivity contribution in [2.24, 2.45) is 0 Å². The molecule has 1 heterocycles. The molecular weight excluding hydrogens is 560 g/mol. The normalized spacial score (nSPS) is 15.0. The van der Waals surface area contributed by atoms with E-state index in [1.165, 1.54) is 9.80 Å². The Morgan fingerprint density at radius 3 is 2.32 bits per heavy atom. The molecule has 0 radical (unpaired) electrons. The van der Waals surface area contributed by atoms with Crippen LogP contribution in [0.15, 0.2) is 101 Å². The Morgan fingerprint density at radius 1 is 0.868 bits per heavy atom. The SMILES string of the molecule is CCCN1C(=O)/C(=C\c2c(OCc3ccc(Br)cc3)ccc3ccccc23)C(=O)N(c2ccccc2)C1=S. The van der Waals surface area contributed by atoms with E-state index >= 15 is 0 Å². The fourth-order valence-corrected chi connectivity index (χ4v) is 5.06. The van der Waals surface area contributed by atoms with Crippen LogP contribution in [0.1, 0.15) is 24.5 Å². The van der Waals surface area contributed by atoms with Crippen LogP contribution in [0.25, 0.3) is 16.8 Å². The second-order valence-electron chi connectivity index (χ2n) is 8.89. The number of ether oxygens (including phenoxy) is 1. The van der Waals surface area contributed by atoms with Crippen LogP contribution in [0.2, 0.25) is 0 Å². The summed E-state index contributed by atoms with van der Waals surface area (Å²) in [5.74, 6) is -0.271. The van der Waals surface area contributed by atoms with Crippen molar-refractivity contribution in [2.45, 2.75) is 20.0 Å². The number of para-hydroxylation sites is 1. The van der Waals surface area contributed by atoms with Crippen LogP contribution in [0.4, 0.5) is 5.69 Å². The van der Waals surface area contributed by atoms with E-state index in [1.54, 1.807) is 6.08 Å². The molecule has 4 aromatic carbocycles. The average Bonchev–Trinajstić information content (AvgIpc) is 2.94. The number of anilines is 1. The highest BCUT2D eigenvalue weighted by atomic mass is 79.9. The van der Waals surface area contributed by atoms with Crippen LogP contribution in [-0.4, -0.2) is 28.4 Å². The van der Waals surface area contributed by atoms with Gasteiger partial charge in [-0.2, -0.15) is 0 Å². The molecule has 0 N–H and O–H groups in total. The summed E-state index contributed by atoms with van der Waals surface area (Å²) < 4.78 is 7.24. The molecule has 0 aromatic heterocycles. The number of fused-ring (bicyclic) bond motifs is 1. The van der Waals surface area contributed by atoms with Crippen LogP contribution < -0.4 is 9.64 Å². The van der Waals surface area contributed by atoms with Crippen LogP contribution in [0, 0.1) is 0 Å². The van der Waals surface area contributed by atoms with Crippen molar-refractivity contribution in [1.29, 1.82) is 0 Å². The minimum Gasteiger partial charge on any atom is -0.488 e. The molecule has 5 rings (SSSR count). The molecule has 0 spiro atoms. The Balaban J connectivity index is 1.62. The molecule has 1 fully saturated rings. The van der Waals surface area contributed by atoms with Crippen molar-refractivity contribution in [3.05, 3.63) is 112 Å². The Bertz CT molecular complexity index is 1550. The van der Waals surface area contributed by atoms with E-state index in [2.05, 4.69) is 15.9 Å². The van der Waals surface area contributed by atoms with Crippen LogP contribution >= 0.6 is 28.1 Å². The summed E-state index contributed by atoms with van der Waals surface area (Å²) in [4.78, 5) is 30.4. The van der Waals surface area contributed by atoms with Gasteiger partial charge in [0.05, 0.1) is 5.69 Å². The van der Waals surface area contributed by atoms with Crippen LogP contribution in [0.5, 0.6) is 5.75 Å². The van der Waals surface area contributed by atoms with Gasteiger partial charge in [-0.05, 0) is 71.4 Å². The molecule has 7 heteroatoms. The van der Waals surface area contributed by atoms with E-state index in [0.29, 0.717) is 36.6 Å². The molecule has 2 amide bonds. The summed E-state index contributed by atoms with van der Waals surface area (Å²) >= 11 is 9.09. The largest absolute Gasteiger partial charge is 0.488 e. The number of nitrogens with zero attached hydrogens (tertiary/aromatic N) is 2. The van der Waals surface area contributed by atoms with Crippen molar-refractivity contribution < 1.29 is 14.3 Å². The van der Waals surface area contributed by atoms with Crippen molar-refractivity contribution in [2.75, 3.05) is 11.4 Å². The van der Waals surface area contributed by atoms with Gasteiger partial charge < -0.3 is 4.74 Å². The van der Waals surface area contributed by atoms with Gasteiger partial charge in [-0.3, -0.25) is 19.4 Å². The Labute approximate surface area is 235 Å². The third-order valence-electron chi connectivity index (χ3n) is 6.32. The van der Waals surface area contributed by atoms with E-state index in [1.807, 2.05) is 97.9 Å². The molecule has 0 unspecified atom stereocenters. The van der Waals surface area contributed by atoms with E-state index in [9.17, 15) is 9.59 Å². The minimum atomic E-state index is -0.453. The number of halogens is 1. The minimum absolute atomic E-state index is 0.0424. The lowest BCUT2D eigenvalue weighted by Gasteiger charge is -2.36. The number of thiocarbonyl (C=S) groups is 1. The Hall–Kier alpha value is -3.81. The number of hydrogen-bond donors (Lipinski definition) is 0. The summed E-state index contributed by atoms with van der Waals surface area (Å²) in [5.41, 5.74) is 2.33. The lowest BCUT2D eigenvalue weighted by atomic mass is 9.99. The summed E-state index contributed by atoms with van der Waals surface area (Å²) in [6.07, 6.45) is 2.36. The van der Waals surface area contributed by atoms with Gasteiger partial charge in [0.25, 0.3) is 11.8 Å². The summed E-state index contributed by atoms with van der Waals surface area (Å²) in [7, 11) is 0. The third kappa shape index (κ3) is 5.12. The first-order valence-electron chi connectivity index (χ1n) is 12.3. The number of benzene rings is 4. The van der Waals surface area contributed by atoms with Crippen molar-refractivity contribution >= 4 is 67.6 Å². The predicted octanol–water partition coefficient (Wildman–Crippen LogP) is 7.14. The first-order valence-corrected chi connectivity index (χ1v) is 13.5. The second-order valence-corrected chi connectivity index (χ2v) is 10.2. The topological polar surface area (TPSA) is 49.9 Å². The highest BCUT2D eigenvalue weighted by Crippen LogP contribution is 2.33. The maximum atomic E-state index is 13.8. The second kappa shape index (κ2) is 11.3. The number of carbonyl (C=O) groups is 2. The lowest BCUT2D eigenvalue weighted by Crippen LogP contribution is -2.56. The highest BCUT2D eigenvalue weighted by molar-refractivity contribution is 9.10. The van der Waals surface area contributed by atoms with E-state index in [0.717, 1.165) is 20.8 Å². The van der Waals surface area contributed by atoms with Gasteiger partial charge in [-0.25, -0.2) is 0 Å². The smallest absolute Gasteiger partial charge is 0.270 e. The molecule has 5 nitrogen and oxygen atoms in total. The predicted molar refractivity (Wildman–Crippen MR) is 159 cm³/mol. The zero-order valence-corrected chi connectivity index (χ0v) is 23.2. The molecule has 38 heavy (non-hydrogen) atoms. The molecule has 1 aliphatic heterocycles. The fourth-order valence-electron chi connectivity index (χ4n) is 4.44. The first-order chi connectivity index (χ1) is 18.5. The van der Waals surface area contributed by atoms with Gasteiger partial charge in [-0.1, -0.05) is 83.5 Å². The molecule has 1 aliphatic rings. The first kappa shape index (κ1) is 25.8. The lowest BCUT2D eigenvalue weighted by molar-refractivity contribution is -0.127. The van der Waals surface area contributed by atoms with Gasteiger partial charge in [0.15, 0.2) is 5.11 Å². The molecule has 1 saturated heterocycles. The van der Waals surface area contributed by atoms with E-state index in [-0.39, 0.29) is 10.7 Å². The maximum absolute atomic E-state index is 13.8. The van der Waals surface area contributed by atoms with Crippen LogP contribution in [0.3, 0.4) is 0 Å². The zero-order chi connectivity index (χ0) is 26.6. The highest BCUT2D eigenvalue weighted by Gasteiger charge is 2.40. The summed E-state index contributed by atoms with van der Waals surface area (Å²) in [5, 5.41) is 2.05. The van der Waals surface area contributed by atoms with Gasteiger partial charge in [0.1, 0.15) is 17.9 Å². The van der Waals surface area contributed by atoms with Crippen molar-refractivity contribution in [3.8, 4) is 5.75 Å². The Morgan fingerprint density at radius 2 is 1.58 bits per heavy atom. The Kier molecular flexibility index (Phi) is 7.67. The van der Waals surface area contributed by atoms with Crippen LogP contribution in [-0.2, 0) is 16.2 Å². The van der Waals surface area contributed by atoms with Crippen molar-refractivity contribution in [1.82, 2.24) is 4.90 Å². The van der Waals surface area contributed by atoms with Gasteiger partial charge in [0, 0.05) is 16.6 Å². The monoisotopic (exact) mass is 584 g/mol. The number of carbonyl (C=O) groups excluding carboxylic acids is 2. The molecule has 0 atom stereocenters. The van der Waals surface area contributed by atoms with Gasteiger partial charge in [0.2, 0.25) is 0 Å². The summed E-state index contributed by atoms with van der Waals surface area (Å²) in [6, 6.07) is 28.8. The number of rotatable bonds is 7. The standard InChI is InChI=1S/C31H25BrN2O3S/c1-2-18-33-29(35)27(30(36)34(31(33)38)24-9-4-3-5-10-24)19-26-25-11-7-6-8-22(25)14-17-28(26)37-20-21-12-15-23(32)16-13-21/h3-17,19H,2,18,20H2,1H3/b27-19+. The molecule has 4 aromatic rings. The summed E-state index contributed by atoms with van der Waals surface area (Å²) in [6.45, 7) is 2.72. The quantitative estimate of drug-likeness (QED) is 0.132. The number of amides is 2. The third-order valence-corrected chi connectivity index (χ3v) is 7.25. The van der Waals surface area contributed by atoms with E-state index < -0.39 is 11.8 Å². The molecule has 0 aliphatic carbocycles. The molecular formula is C31H25BrN2O3S.